The van der Waals surface area contributed by atoms with Gasteiger partial charge in [0, 0.05) is 28.9 Å². The molecule has 0 atom stereocenters. The van der Waals surface area contributed by atoms with Crippen LogP contribution < -0.4 is 14.8 Å². The number of benzene rings is 1. The molecule has 0 radical (unpaired) electrons. The summed E-state index contributed by atoms with van der Waals surface area (Å²) in [5.41, 5.74) is 1.65. The molecule has 0 aliphatic rings. The number of anilines is 2. The summed E-state index contributed by atoms with van der Waals surface area (Å²) in [5, 5.41) is 4.40. The Morgan fingerprint density at radius 1 is 1.07 bits per heavy atom. The van der Waals surface area contributed by atoms with Crippen LogP contribution in [0.4, 0.5) is 11.5 Å². The maximum atomic E-state index is 5.50. The Hall–Kier alpha value is -3.19. The van der Waals surface area contributed by atoms with Crippen molar-refractivity contribution in [2.45, 2.75) is 13.3 Å². The normalized spacial score (nSPS) is 10.8. The van der Waals surface area contributed by atoms with Crippen LogP contribution in [-0.4, -0.2) is 29.2 Å². The first kappa shape index (κ1) is 18.2. The Bertz CT molecular complexity index is 1110. The molecule has 0 bridgehead atoms. The predicted octanol–water partition coefficient (Wildman–Crippen LogP) is 5.08. The molecule has 1 N–H and O–H groups in total. The average Bonchev–Trinajstić information content (AvgIpc) is 3.18. The van der Waals surface area contributed by atoms with Gasteiger partial charge in [-0.15, -0.1) is 11.3 Å². The smallest absolute Gasteiger partial charge is 0.164 e. The second-order valence-corrected chi connectivity index (χ2v) is 7.23. The molecule has 142 valence electrons. The largest absolute Gasteiger partial charge is 0.497 e. The van der Waals surface area contributed by atoms with Gasteiger partial charge < -0.3 is 14.8 Å². The number of aromatic nitrogens is 3. The third-order valence-corrected chi connectivity index (χ3v) is 5.54. The van der Waals surface area contributed by atoms with E-state index in [2.05, 4.69) is 23.3 Å². The fraction of sp³-hybridized carbons (Fsp3) is 0.190. The first-order chi connectivity index (χ1) is 13.7. The fourth-order valence-corrected chi connectivity index (χ4v) is 3.87. The molecular formula is C21H20N4O2S. The van der Waals surface area contributed by atoms with Crippen LogP contribution in [0.2, 0.25) is 0 Å². The maximum absolute atomic E-state index is 5.50. The van der Waals surface area contributed by atoms with Crippen LogP contribution in [0.1, 0.15) is 11.8 Å². The Labute approximate surface area is 167 Å². The number of hydrogen-bond donors (Lipinski definition) is 1. The number of nitrogens with one attached hydrogen (secondary N) is 1. The Kier molecular flexibility index (Phi) is 5.08. The third-order valence-electron chi connectivity index (χ3n) is 4.37. The summed E-state index contributed by atoms with van der Waals surface area (Å²) in [5.74, 6) is 2.81. The van der Waals surface area contributed by atoms with Crippen LogP contribution in [0, 0.1) is 0 Å². The molecule has 1 aromatic carbocycles. The number of aryl methyl sites for hydroxylation is 1. The number of ether oxygens (including phenoxy) is 2. The van der Waals surface area contributed by atoms with Gasteiger partial charge in [0.2, 0.25) is 0 Å². The summed E-state index contributed by atoms with van der Waals surface area (Å²) in [4.78, 5) is 15.9. The van der Waals surface area contributed by atoms with Gasteiger partial charge in [-0.25, -0.2) is 9.97 Å². The molecule has 0 fully saturated rings. The van der Waals surface area contributed by atoms with Gasteiger partial charge in [0.15, 0.2) is 5.82 Å². The summed E-state index contributed by atoms with van der Waals surface area (Å²) in [6, 6.07) is 11.6. The molecule has 0 amide bonds. The van der Waals surface area contributed by atoms with Crippen molar-refractivity contribution in [2.24, 2.45) is 0 Å². The summed E-state index contributed by atoms with van der Waals surface area (Å²) in [6.45, 7) is 2.14. The average molecular weight is 392 g/mol. The van der Waals surface area contributed by atoms with Crippen molar-refractivity contribution in [1.29, 1.82) is 0 Å². The Morgan fingerprint density at radius 2 is 1.96 bits per heavy atom. The lowest BCUT2D eigenvalue weighted by Gasteiger charge is -2.13. The Balaban J connectivity index is 1.87. The molecule has 0 spiro atoms. The molecule has 7 heteroatoms. The van der Waals surface area contributed by atoms with Crippen LogP contribution in [0.3, 0.4) is 0 Å². The van der Waals surface area contributed by atoms with Crippen molar-refractivity contribution >= 4 is 33.1 Å². The summed E-state index contributed by atoms with van der Waals surface area (Å²) in [6.07, 6.45) is 4.46. The zero-order valence-corrected chi connectivity index (χ0v) is 16.7. The van der Waals surface area contributed by atoms with Crippen molar-refractivity contribution in [3.05, 3.63) is 53.7 Å². The molecule has 6 nitrogen and oxygen atoms in total. The lowest BCUT2D eigenvalue weighted by Crippen LogP contribution is -2.00. The van der Waals surface area contributed by atoms with E-state index in [0.29, 0.717) is 11.6 Å². The van der Waals surface area contributed by atoms with E-state index >= 15 is 0 Å². The molecular weight excluding hydrogens is 372 g/mol. The standard InChI is InChI=1S/C21H20N4O2S/c1-4-15-11-16-20(23-17-10-14(26-2)7-8-18(17)27-3)24-19(25-21(16)28-15)13-6-5-9-22-12-13/h5-12H,4H2,1-3H3,(H,23,24,25). The SMILES string of the molecule is CCc1cc2c(Nc3cc(OC)ccc3OC)nc(-c3cccnc3)nc2s1. The number of thiophene rings is 1. The van der Waals surface area contributed by atoms with E-state index in [1.54, 1.807) is 38.0 Å². The van der Waals surface area contributed by atoms with E-state index < -0.39 is 0 Å². The summed E-state index contributed by atoms with van der Waals surface area (Å²) in [7, 11) is 3.28. The minimum atomic E-state index is 0.634. The number of pyridine rings is 1. The first-order valence-electron chi connectivity index (χ1n) is 8.91. The van der Waals surface area contributed by atoms with Crippen LogP contribution in [0.25, 0.3) is 21.6 Å². The first-order valence-corrected chi connectivity index (χ1v) is 9.73. The highest BCUT2D eigenvalue weighted by molar-refractivity contribution is 7.18. The van der Waals surface area contributed by atoms with Crippen molar-refractivity contribution in [1.82, 2.24) is 15.0 Å². The van der Waals surface area contributed by atoms with Crippen LogP contribution >= 0.6 is 11.3 Å². The number of nitrogens with zero attached hydrogens (tertiary/aromatic N) is 3. The van der Waals surface area contributed by atoms with E-state index in [0.717, 1.165) is 39.5 Å². The van der Waals surface area contributed by atoms with Gasteiger partial charge in [0.25, 0.3) is 0 Å². The van der Waals surface area contributed by atoms with Gasteiger partial charge in [-0.05, 0) is 36.8 Å². The minimum absolute atomic E-state index is 0.634. The van der Waals surface area contributed by atoms with Gasteiger partial charge in [-0.2, -0.15) is 0 Å². The number of fused-ring (bicyclic) bond motifs is 1. The molecule has 28 heavy (non-hydrogen) atoms. The molecule has 0 unspecified atom stereocenters. The van der Waals surface area contributed by atoms with E-state index in [-0.39, 0.29) is 0 Å². The van der Waals surface area contributed by atoms with Crippen LogP contribution in [0.15, 0.2) is 48.8 Å². The van der Waals surface area contributed by atoms with Gasteiger partial charge in [0.05, 0.1) is 25.3 Å². The lowest BCUT2D eigenvalue weighted by molar-refractivity contribution is 0.405. The second-order valence-electron chi connectivity index (χ2n) is 6.11. The highest BCUT2D eigenvalue weighted by Crippen LogP contribution is 2.36. The Morgan fingerprint density at radius 3 is 2.68 bits per heavy atom. The highest BCUT2D eigenvalue weighted by atomic mass is 32.1. The summed E-state index contributed by atoms with van der Waals surface area (Å²) < 4.78 is 10.9. The number of methoxy groups -OCH3 is 2. The fourth-order valence-electron chi connectivity index (χ4n) is 2.90. The van der Waals surface area contributed by atoms with Gasteiger partial charge in [0.1, 0.15) is 22.1 Å². The van der Waals surface area contributed by atoms with E-state index in [4.69, 9.17) is 19.4 Å². The van der Waals surface area contributed by atoms with Gasteiger partial charge >= 0.3 is 0 Å². The molecule has 0 saturated carbocycles. The molecule has 0 aliphatic heterocycles. The number of hydrogen-bond acceptors (Lipinski definition) is 7. The number of rotatable bonds is 6. The van der Waals surface area contributed by atoms with Crippen molar-refractivity contribution in [2.75, 3.05) is 19.5 Å². The van der Waals surface area contributed by atoms with E-state index in [1.165, 1.54) is 4.88 Å². The van der Waals surface area contributed by atoms with E-state index in [9.17, 15) is 0 Å². The van der Waals surface area contributed by atoms with Crippen molar-refractivity contribution < 1.29 is 9.47 Å². The zero-order valence-electron chi connectivity index (χ0n) is 15.9. The topological polar surface area (TPSA) is 69.2 Å². The second kappa shape index (κ2) is 7.82. The third kappa shape index (κ3) is 3.48. The molecule has 3 heterocycles. The maximum Gasteiger partial charge on any atom is 0.164 e. The van der Waals surface area contributed by atoms with Crippen LogP contribution in [-0.2, 0) is 6.42 Å². The monoisotopic (exact) mass is 392 g/mol. The minimum Gasteiger partial charge on any atom is -0.497 e. The molecule has 0 aliphatic carbocycles. The quantitative estimate of drug-likeness (QED) is 0.494. The van der Waals surface area contributed by atoms with Gasteiger partial charge in [-0.3, -0.25) is 4.98 Å². The molecule has 4 rings (SSSR count). The predicted molar refractivity (Wildman–Crippen MR) is 113 cm³/mol. The lowest BCUT2D eigenvalue weighted by atomic mass is 10.2. The molecule has 0 saturated heterocycles. The van der Waals surface area contributed by atoms with Crippen molar-refractivity contribution in [3.63, 3.8) is 0 Å². The van der Waals surface area contributed by atoms with Crippen molar-refractivity contribution in [3.8, 4) is 22.9 Å². The molecule has 3 aromatic heterocycles. The van der Waals surface area contributed by atoms with E-state index in [1.807, 2.05) is 30.3 Å². The zero-order chi connectivity index (χ0) is 19.5. The summed E-state index contributed by atoms with van der Waals surface area (Å²) >= 11 is 1.68. The van der Waals surface area contributed by atoms with Gasteiger partial charge in [-0.1, -0.05) is 6.92 Å². The van der Waals surface area contributed by atoms with Crippen LogP contribution in [0.5, 0.6) is 11.5 Å². The highest BCUT2D eigenvalue weighted by Gasteiger charge is 2.15. The molecule has 4 aromatic rings.